The molecular weight excluding hydrogens is 402 g/mol. The number of sulfonamides is 1. The first-order valence-corrected chi connectivity index (χ1v) is 9.78. The Balaban J connectivity index is 2.41. The minimum atomic E-state index is -3.80. The zero-order valence-corrected chi connectivity index (χ0v) is 16.6. The van der Waals surface area contributed by atoms with E-state index in [1.54, 1.807) is 13.8 Å². The molecule has 0 aliphatic carbocycles. The minimum absolute atomic E-state index is 0.0380. The first kappa shape index (κ1) is 20.6. The van der Waals surface area contributed by atoms with Gasteiger partial charge < -0.3 is 5.32 Å². The highest BCUT2D eigenvalue weighted by Gasteiger charge is 2.25. The van der Waals surface area contributed by atoms with E-state index < -0.39 is 21.7 Å². The van der Waals surface area contributed by atoms with Gasteiger partial charge in [-0.1, -0.05) is 29.3 Å². The molecule has 0 saturated heterocycles. The van der Waals surface area contributed by atoms with Crippen LogP contribution >= 0.6 is 23.2 Å². The van der Waals surface area contributed by atoms with Crippen molar-refractivity contribution < 1.29 is 17.6 Å². The molecule has 0 fully saturated rings. The van der Waals surface area contributed by atoms with Gasteiger partial charge in [0.15, 0.2) is 5.82 Å². The number of hydrogen-bond donors (Lipinski definition) is 1. The Morgan fingerprint density at radius 2 is 1.81 bits per heavy atom. The van der Waals surface area contributed by atoms with Crippen LogP contribution in [0.15, 0.2) is 41.3 Å². The second kappa shape index (κ2) is 7.92. The third-order valence-electron chi connectivity index (χ3n) is 3.79. The van der Waals surface area contributed by atoms with E-state index in [1.165, 1.54) is 41.7 Å². The zero-order valence-electron chi connectivity index (χ0n) is 14.3. The van der Waals surface area contributed by atoms with E-state index in [1.807, 2.05) is 0 Å². The fourth-order valence-electron chi connectivity index (χ4n) is 2.07. The molecule has 0 aromatic heterocycles. The lowest BCUT2D eigenvalue weighted by Crippen LogP contribution is -2.33. The van der Waals surface area contributed by atoms with Crippen LogP contribution in [0.25, 0.3) is 0 Å². The van der Waals surface area contributed by atoms with E-state index >= 15 is 0 Å². The summed E-state index contributed by atoms with van der Waals surface area (Å²) in [4.78, 5) is 12.4. The smallest absolute Gasteiger partial charge is 0.257 e. The Kier molecular flexibility index (Phi) is 6.29. The number of hydrogen-bond acceptors (Lipinski definition) is 3. The molecule has 0 heterocycles. The number of halogens is 3. The van der Waals surface area contributed by atoms with Crippen LogP contribution in [-0.2, 0) is 10.0 Å². The summed E-state index contributed by atoms with van der Waals surface area (Å²) < 4.78 is 40.3. The van der Waals surface area contributed by atoms with Gasteiger partial charge in [0.05, 0.1) is 26.2 Å². The highest BCUT2D eigenvalue weighted by atomic mass is 35.5. The normalized spacial score (nSPS) is 11.8. The summed E-state index contributed by atoms with van der Waals surface area (Å²) in [5, 5.41) is 2.24. The van der Waals surface area contributed by atoms with Crippen LogP contribution in [0.2, 0.25) is 10.0 Å². The molecular formula is C17H17Cl2FN2O3S. The van der Waals surface area contributed by atoms with Crippen LogP contribution in [0.3, 0.4) is 0 Å². The highest BCUT2D eigenvalue weighted by molar-refractivity contribution is 7.89. The van der Waals surface area contributed by atoms with E-state index in [4.69, 9.17) is 23.2 Å². The van der Waals surface area contributed by atoms with Gasteiger partial charge in [-0.2, -0.15) is 4.31 Å². The first-order chi connectivity index (χ1) is 12.1. The molecule has 9 heteroatoms. The van der Waals surface area contributed by atoms with Crippen LogP contribution in [0.5, 0.6) is 0 Å². The molecule has 0 aliphatic heterocycles. The number of nitrogens with zero attached hydrogens (tertiary/aromatic N) is 1. The third-order valence-corrected chi connectivity index (χ3v) is 6.44. The van der Waals surface area contributed by atoms with Gasteiger partial charge >= 0.3 is 0 Å². The molecule has 0 aliphatic rings. The average molecular weight is 419 g/mol. The van der Waals surface area contributed by atoms with Crippen molar-refractivity contribution in [3.63, 3.8) is 0 Å². The summed E-state index contributed by atoms with van der Waals surface area (Å²) in [6.45, 7) is 3.45. The maximum Gasteiger partial charge on any atom is 0.257 e. The molecule has 2 aromatic carbocycles. The average Bonchev–Trinajstić information content (AvgIpc) is 2.58. The summed E-state index contributed by atoms with van der Waals surface area (Å²) in [5.41, 5.74) is -0.226. The lowest BCUT2D eigenvalue weighted by atomic mass is 10.2. The fourth-order valence-corrected chi connectivity index (χ4v) is 3.84. The van der Waals surface area contributed by atoms with Crippen LogP contribution in [-0.4, -0.2) is 31.7 Å². The lowest BCUT2D eigenvalue weighted by Gasteiger charge is -2.21. The molecule has 5 nitrogen and oxygen atoms in total. The monoisotopic (exact) mass is 418 g/mol. The van der Waals surface area contributed by atoms with Crippen molar-refractivity contribution in [2.75, 3.05) is 12.4 Å². The van der Waals surface area contributed by atoms with Crippen molar-refractivity contribution in [3.8, 4) is 0 Å². The molecule has 1 amide bonds. The van der Waals surface area contributed by atoms with Crippen molar-refractivity contribution in [2.24, 2.45) is 0 Å². The maximum atomic E-state index is 14.0. The number of amides is 1. The van der Waals surface area contributed by atoms with Crippen LogP contribution < -0.4 is 5.32 Å². The minimum Gasteiger partial charge on any atom is -0.319 e. The Morgan fingerprint density at radius 1 is 1.15 bits per heavy atom. The van der Waals surface area contributed by atoms with Gasteiger partial charge in [-0.25, -0.2) is 12.8 Å². The van der Waals surface area contributed by atoms with Gasteiger partial charge in [-0.3, -0.25) is 4.79 Å². The number of anilines is 1. The summed E-state index contributed by atoms with van der Waals surface area (Å²) in [6, 6.07) is 7.66. The molecule has 140 valence electrons. The fraction of sp³-hybridized carbons (Fsp3) is 0.235. The second-order valence-corrected chi connectivity index (χ2v) is 8.62. The van der Waals surface area contributed by atoms with Crippen molar-refractivity contribution in [1.29, 1.82) is 0 Å². The van der Waals surface area contributed by atoms with E-state index in [0.29, 0.717) is 0 Å². The Labute approximate surface area is 161 Å². The summed E-state index contributed by atoms with van der Waals surface area (Å²) in [7, 11) is -2.36. The van der Waals surface area contributed by atoms with Gasteiger partial charge in [0.2, 0.25) is 10.0 Å². The predicted octanol–water partition coefficient (Wildman–Crippen LogP) is 4.41. The van der Waals surface area contributed by atoms with Gasteiger partial charge in [0.25, 0.3) is 5.91 Å². The van der Waals surface area contributed by atoms with E-state index in [-0.39, 0.29) is 32.2 Å². The standard InChI is InChI=1S/C17H17Cl2FN2O3S/c1-10(2)22(3)26(24,25)11-7-8-13(18)12(9-11)17(23)21-15-6-4-5-14(19)16(15)20/h4-10H,1-3H3,(H,21,23). The SMILES string of the molecule is CC(C)N(C)S(=O)(=O)c1ccc(Cl)c(C(=O)Nc2cccc(Cl)c2F)c1. The molecule has 0 spiro atoms. The van der Waals surface area contributed by atoms with Crippen molar-refractivity contribution in [3.05, 3.63) is 57.8 Å². The Morgan fingerprint density at radius 3 is 2.42 bits per heavy atom. The molecule has 0 saturated carbocycles. The molecule has 2 rings (SSSR count). The summed E-state index contributed by atoms with van der Waals surface area (Å²) in [6.07, 6.45) is 0. The molecule has 0 unspecified atom stereocenters. The maximum absolute atomic E-state index is 14.0. The van der Waals surface area contributed by atoms with Crippen LogP contribution in [0.1, 0.15) is 24.2 Å². The van der Waals surface area contributed by atoms with E-state index in [0.717, 1.165) is 6.07 Å². The largest absolute Gasteiger partial charge is 0.319 e. The number of carbonyl (C=O) groups is 1. The van der Waals surface area contributed by atoms with Crippen molar-refractivity contribution in [1.82, 2.24) is 4.31 Å². The lowest BCUT2D eigenvalue weighted by molar-refractivity contribution is 0.102. The quantitative estimate of drug-likeness (QED) is 0.781. The van der Waals surface area contributed by atoms with Crippen LogP contribution in [0, 0.1) is 5.82 Å². The van der Waals surface area contributed by atoms with E-state index in [9.17, 15) is 17.6 Å². The van der Waals surface area contributed by atoms with Crippen molar-refractivity contribution in [2.45, 2.75) is 24.8 Å². The number of rotatable bonds is 5. The molecule has 2 aromatic rings. The topological polar surface area (TPSA) is 66.5 Å². The molecule has 0 radical (unpaired) electrons. The van der Waals surface area contributed by atoms with Gasteiger partial charge in [-0.15, -0.1) is 0 Å². The highest BCUT2D eigenvalue weighted by Crippen LogP contribution is 2.26. The Hall–Kier alpha value is -1.67. The molecule has 26 heavy (non-hydrogen) atoms. The first-order valence-electron chi connectivity index (χ1n) is 7.58. The number of benzene rings is 2. The summed E-state index contributed by atoms with van der Waals surface area (Å²) >= 11 is 11.7. The predicted molar refractivity (Wildman–Crippen MR) is 101 cm³/mol. The van der Waals surface area contributed by atoms with Gasteiger partial charge in [0, 0.05) is 13.1 Å². The van der Waals surface area contributed by atoms with Crippen molar-refractivity contribution >= 4 is 44.8 Å². The summed E-state index contributed by atoms with van der Waals surface area (Å²) in [5.74, 6) is -1.54. The van der Waals surface area contributed by atoms with Gasteiger partial charge in [0.1, 0.15) is 0 Å². The molecule has 0 bridgehead atoms. The second-order valence-electron chi connectivity index (χ2n) is 5.81. The number of carbonyl (C=O) groups excluding carboxylic acids is 1. The van der Waals surface area contributed by atoms with Crippen LogP contribution in [0.4, 0.5) is 10.1 Å². The van der Waals surface area contributed by atoms with E-state index in [2.05, 4.69) is 5.32 Å². The zero-order chi connectivity index (χ0) is 19.6. The Bertz CT molecular complexity index is 949. The third kappa shape index (κ3) is 4.17. The molecule has 1 N–H and O–H groups in total. The van der Waals surface area contributed by atoms with Gasteiger partial charge in [-0.05, 0) is 44.2 Å². The number of nitrogens with one attached hydrogen (secondary N) is 1. The molecule has 0 atom stereocenters.